The lowest BCUT2D eigenvalue weighted by molar-refractivity contribution is -0.253. The number of rotatable bonds is 5. The van der Waals surface area contributed by atoms with Crippen molar-refractivity contribution in [3.05, 3.63) is 57.6 Å². The molecule has 13 heteroatoms. The maximum atomic E-state index is 12.7. The molecule has 0 unspecified atom stereocenters. The Bertz CT molecular complexity index is 880. The van der Waals surface area contributed by atoms with Crippen molar-refractivity contribution < 1.29 is 40.7 Å². The molecule has 0 saturated heterocycles. The molecule has 0 spiro atoms. The molecular weight excluding hydrogens is 465 g/mol. The van der Waals surface area contributed by atoms with Crippen LogP contribution in [0.15, 0.2) is 47.6 Å². The Morgan fingerprint density at radius 2 is 1.80 bits per heavy atom. The van der Waals surface area contributed by atoms with Gasteiger partial charge >= 0.3 is 18.6 Å². The Hall–Kier alpha value is -2.66. The van der Waals surface area contributed by atoms with Crippen molar-refractivity contribution in [2.45, 2.75) is 19.0 Å². The second-order valence-corrected chi connectivity index (χ2v) is 6.12. The molecule has 0 atom stereocenters. The number of ether oxygens (including phenoxy) is 1. The van der Waals surface area contributed by atoms with Crippen LogP contribution in [0, 0.1) is 0 Å². The summed E-state index contributed by atoms with van der Waals surface area (Å²) in [6, 6.07) is 0.989. The van der Waals surface area contributed by atoms with Crippen molar-refractivity contribution >= 4 is 41.2 Å². The largest absolute Gasteiger partial charge is 0.461 e. The van der Waals surface area contributed by atoms with Gasteiger partial charge < -0.3 is 15.8 Å². The molecule has 1 aliphatic carbocycles. The number of hydrogen-bond donors (Lipinski definition) is 2. The van der Waals surface area contributed by atoms with Gasteiger partial charge in [0.05, 0.1) is 15.6 Å². The van der Waals surface area contributed by atoms with E-state index in [1.807, 2.05) is 0 Å². The van der Waals surface area contributed by atoms with E-state index in [0.29, 0.717) is 0 Å². The number of urea groups is 1. The predicted molar refractivity (Wildman–Crippen MR) is 98.4 cm³/mol. The maximum absolute atomic E-state index is 12.7. The van der Waals surface area contributed by atoms with Crippen molar-refractivity contribution in [1.29, 1.82) is 0 Å². The molecule has 0 aliphatic heterocycles. The topological polar surface area (TPSA) is 81.4 Å². The normalized spacial score (nSPS) is 13.8. The first-order valence-electron chi connectivity index (χ1n) is 7.66. The van der Waals surface area contributed by atoms with Crippen molar-refractivity contribution in [3.8, 4) is 5.75 Å². The summed E-state index contributed by atoms with van der Waals surface area (Å²) in [7, 11) is 0. The van der Waals surface area contributed by atoms with Crippen LogP contribution in [-0.4, -0.2) is 24.9 Å². The van der Waals surface area contributed by atoms with Gasteiger partial charge in [-0.05, 0) is 18.2 Å². The number of anilines is 1. The Labute approximate surface area is 175 Å². The fraction of sp³-hybridized carbons (Fsp3) is 0.176. The Kier molecular flexibility index (Phi) is 9.24. The van der Waals surface area contributed by atoms with Gasteiger partial charge in [-0.15, -0.1) is 0 Å². The van der Waals surface area contributed by atoms with E-state index in [-0.39, 0.29) is 18.4 Å². The molecular formula is C17H12Cl2F6N2O3. The summed E-state index contributed by atoms with van der Waals surface area (Å²) in [6.07, 6.45) is -4.73. The van der Waals surface area contributed by atoms with Gasteiger partial charge in [-0.2, -0.15) is 17.6 Å². The van der Waals surface area contributed by atoms with E-state index in [9.17, 15) is 35.9 Å². The first kappa shape index (κ1) is 25.4. The Balaban J connectivity index is 0.000000346. The second kappa shape index (κ2) is 10.9. The minimum atomic E-state index is -4.74. The van der Waals surface area contributed by atoms with Crippen LogP contribution in [0.4, 0.5) is 36.8 Å². The summed E-state index contributed by atoms with van der Waals surface area (Å²) in [5, 5.41) is 1.10. The van der Waals surface area contributed by atoms with Gasteiger partial charge in [0.2, 0.25) is 0 Å². The highest BCUT2D eigenvalue weighted by Gasteiger charge is 2.44. The van der Waals surface area contributed by atoms with Crippen molar-refractivity contribution in [2.75, 3.05) is 5.32 Å². The van der Waals surface area contributed by atoms with Gasteiger partial charge in [0.15, 0.2) is 12.0 Å². The fourth-order valence-corrected chi connectivity index (χ4v) is 2.39. The maximum Gasteiger partial charge on any atom is 0.461 e. The molecule has 1 aliphatic rings. The lowest BCUT2D eigenvalue weighted by Gasteiger charge is -2.19. The molecule has 2 rings (SSSR count). The van der Waals surface area contributed by atoms with E-state index in [1.54, 1.807) is 0 Å². The van der Waals surface area contributed by atoms with Gasteiger partial charge in [0.25, 0.3) is 0 Å². The predicted octanol–water partition coefficient (Wildman–Crippen LogP) is 5.94. The van der Waals surface area contributed by atoms with Crippen molar-refractivity contribution in [2.24, 2.45) is 5.73 Å². The molecule has 0 radical (unpaired) electrons. The number of allylic oxidation sites excluding steroid dienone is 6. The third-order valence-electron chi connectivity index (χ3n) is 3.10. The molecule has 0 bridgehead atoms. The summed E-state index contributed by atoms with van der Waals surface area (Å²) >= 11 is 11.1. The van der Waals surface area contributed by atoms with Crippen LogP contribution >= 0.6 is 23.2 Å². The highest BCUT2D eigenvalue weighted by atomic mass is 35.5. The first-order valence-corrected chi connectivity index (χ1v) is 8.41. The van der Waals surface area contributed by atoms with Crippen LogP contribution in [-0.2, 0) is 4.79 Å². The van der Waals surface area contributed by atoms with Crippen LogP contribution < -0.4 is 15.8 Å². The third kappa shape index (κ3) is 7.30. The van der Waals surface area contributed by atoms with Crippen LogP contribution in [0.3, 0.4) is 0 Å². The molecule has 0 fully saturated rings. The number of aldehydes is 1. The van der Waals surface area contributed by atoms with Gasteiger partial charge in [-0.1, -0.05) is 35.4 Å². The zero-order valence-electron chi connectivity index (χ0n) is 14.6. The van der Waals surface area contributed by atoms with Crippen LogP contribution in [0.1, 0.15) is 6.42 Å². The summed E-state index contributed by atoms with van der Waals surface area (Å²) < 4.78 is 78.5. The van der Waals surface area contributed by atoms with Crippen LogP contribution in [0.5, 0.6) is 5.75 Å². The molecule has 0 heterocycles. The molecule has 0 saturated carbocycles. The molecule has 2 amide bonds. The SMILES string of the molecule is NC(=O)Nc1cc(Cl)c(OC(F)(F)C(F)F)c(Cl)c1.O=CC1=C(F)CC=CC=C1F. The lowest BCUT2D eigenvalue weighted by atomic mass is 10.2. The van der Waals surface area contributed by atoms with Crippen molar-refractivity contribution in [3.63, 3.8) is 0 Å². The van der Waals surface area contributed by atoms with E-state index >= 15 is 0 Å². The van der Waals surface area contributed by atoms with Gasteiger partial charge in [-0.3, -0.25) is 4.79 Å². The lowest BCUT2D eigenvalue weighted by Crippen LogP contribution is -2.33. The molecule has 5 nitrogen and oxygen atoms in total. The highest BCUT2D eigenvalue weighted by molar-refractivity contribution is 6.37. The number of nitrogens with one attached hydrogen (secondary N) is 1. The zero-order chi connectivity index (χ0) is 23.1. The minimum Gasteiger partial charge on any atom is -0.425 e. The number of primary amides is 1. The quantitative estimate of drug-likeness (QED) is 0.407. The first-order chi connectivity index (χ1) is 13.9. The van der Waals surface area contributed by atoms with Crippen molar-refractivity contribution in [1.82, 2.24) is 0 Å². The number of benzene rings is 1. The molecule has 30 heavy (non-hydrogen) atoms. The number of carbonyl (C=O) groups is 2. The second-order valence-electron chi connectivity index (χ2n) is 5.31. The summed E-state index contributed by atoms with van der Waals surface area (Å²) in [6.45, 7) is 0. The van der Waals surface area contributed by atoms with E-state index in [0.717, 1.165) is 18.2 Å². The fourth-order valence-electron chi connectivity index (χ4n) is 1.83. The molecule has 1 aromatic rings. The number of amides is 2. The molecule has 0 aromatic heterocycles. The molecule has 1 aromatic carbocycles. The van der Waals surface area contributed by atoms with Gasteiger partial charge in [0, 0.05) is 12.1 Å². The standard InChI is InChI=1S/C9H6Cl2F4N2O2.C8H6F2O/c10-4-1-3(17-8(16)18)2-5(11)6(4)19-9(14,15)7(12)13;9-7-3-1-2-4-8(10)6(7)5-11/h1-2,7H,(H3,16,17,18);1-3,5H,4H2. The Morgan fingerprint density at radius 1 is 1.23 bits per heavy atom. The highest BCUT2D eigenvalue weighted by Crippen LogP contribution is 2.40. The number of hydrogen-bond acceptors (Lipinski definition) is 3. The van der Waals surface area contributed by atoms with E-state index < -0.39 is 51.6 Å². The number of halogens is 8. The minimum absolute atomic E-state index is 0.00443. The van der Waals surface area contributed by atoms with E-state index in [1.165, 1.54) is 12.2 Å². The number of carbonyl (C=O) groups excluding carboxylic acids is 2. The van der Waals surface area contributed by atoms with Crippen LogP contribution in [0.25, 0.3) is 0 Å². The Morgan fingerprint density at radius 3 is 2.27 bits per heavy atom. The average Bonchev–Trinajstić information content (AvgIpc) is 2.78. The summed E-state index contributed by atoms with van der Waals surface area (Å²) in [5.74, 6) is -2.36. The number of nitrogens with two attached hydrogens (primary N) is 1. The summed E-state index contributed by atoms with van der Waals surface area (Å²) in [5.41, 5.74) is 4.34. The van der Waals surface area contributed by atoms with E-state index in [2.05, 4.69) is 10.1 Å². The molecule has 3 N–H and O–H groups in total. The monoisotopic (exact) mass is 476 g/mol. The van der Waals surface area contributed by atoms with Gasteiger partial charge in [-0.25, -0.2) is 13.6 Å². The van der Waals surface area contributed by atoms with E-state index in [4.69, 9.17) is 28.9 Å². The molecule has 164 valence electrons. The van der Waals surface area contributed by atoms with Gasteiger partial charge in [0.1, 0.15) is 11.7 Å². The van der Waals surface area contributed by atoms with Crippen LogP contribution in [0.2, 0.25) is 10.0 Å². The average molecular weight is 477 g/mol. The third-order valence-corrected chi connectivity index (χ3v) is 3.66. The zero-order valence-corrected chi connectivity index (χ0v) is 16.1. The smallest absolute Gasteiger partial charge is 0.425 e. The summed E-state index contributed by atoms with van der Waals surface area (Å²) in [4.78, 5) is 20.7. The number of alkyl halides is 4.